The van der Waals surface area contributed by atoms with Crippen molar-refractivity contribution in [3.63, 3.8) is 0 Å². The molecule has 1 spiro atoms. The third-order valence-electron chi connectivity index (χ3n) is 11.4. The van der Waals surface area contributed by atoms with Crippen molar-refractivity contribution in [3.05, 3.63) is 35.5 Å². The molecule has 8 atom stereocenters. The Balaban J connectivity index is 1.62. The first-order valence-electron chi connectivity index (χ1n) is 12.5. The van der Waals surface area contributed by atoms with E-state index in [-0.39, 0.29) is 22.3 Å². The number of aliphatic hydroxyl groups excluding tert-OH is 1. The van der Waals surface area contributed by atoms with Crippen LogP contribution in [0, 0.1) is 34.5 Å². The number of fused-ring (bicyclic) bond motifs is 3. The van der Waals surface area contributed by atoms with E-state index in [0.29, 0.717) is 29.6 Å². The Morgan fingerprint density at radius 3 is 2.60 bits per heavy atom. The largest absolute Gasteiger partial charge is 0.393 e. The Morgan fingerprint density at radius 1 is 1.00 bits per heavy atom. The van der Waals surface area contributed by atoms with E-state index in [0.717, 1.165) is 6.42 Å². The fraction of sp³-hybridized carbons (Fsp3) is 0.714. The molecule has 1 aromatic carbocycles. The second kappa shape index (κ2) is 5.94. The molecule has 1 heterocycles. The Kier molecular flexibility index (Phi) is 3.84. The van der Waals surface area contributed by atoms with Gasteiger partial charge in [0.2, 0.25) is 0 Å². The molecule has 2 aromatic rings. The van der Waals surface area contributed by atoms with Gasteiger partial charge in [-0.1, -0.05) is 46.8 Å². The second-order valence-electron chi connectivity index (χ2n) is 12.4. The van der Waals surface area contributed by atoms with Crippen molar-refractivity contribution in [1.29, 1.82) is 0 Å². The van der Waals surface area contributed by atoms with Gasteiger partial charge in [-0.2, -0.15) is 0 Å². The molecule has 0 aliphatic heterocycles. The molecular formula is C28H39NO. The van der Waals surface area contributed by atoms with E-state index in [1.807, 2.05) is 0 Å². The zero-order chi connectivity index (χ0) is 21.1. The van der Waals surface area contributed by atoms with Crippen LogP contribution in [0.5, 0.6) is 0 Å². The standard InChI is InChI=1S/C28H39NO/c1-16-11-13-27(5)17(2)9-10-22(30)28(27)14-12-20-24(25(16)28)18-15-29-21-8-6-7-19(23(18)21)26(20,3)4/h6-8,15-17,20,22,24-25,29-30H,9-14H2,1-5H3/t16-,17?,20?,22?,24?,25+,27?,28+/m0/s1. The summed E-state index contributed by atoms with van der Waals surface area (Å²) in [7, 11) is 0. The maximum atomic E-state index is 11.7. The molecule has 30 heavy (non-hydrogen) atoms. The summed E-state index contributed by atoms with van der Waals surface area (Å²) in [5.74, 6) is 3.20. The van der Waals surface area contributed by atoms with E-state index in [1.54, 1.807) is 5.56 Å². The molecule has 3 saturated carbocycles. The molecule has 1 aromatic heterocycles. The van der Waals surface area contributed by atoms with E-state index in [9.17, 15) is 5.11 Å². The summed E-state index contributed by atoms with van der Waals surface area (Å²) in [6, 6.07) is 6.87. The number of aromatic nitrogens is 1. The summed E-state index contributed by atoms with van der Waals surface area (Å²) in [5.41, 5.74) is 4.93. The van der Waals surface area contributed by atoms with Crippen molar-refractivity contribution in [1.82, 2.24) is 4.98 Å². The Labute approximate surface area is 181 Å². The minimum absolute atomic E-state index is 0.0788. The third kappa shape index (κ3) is 2.01. The van der Waals surface area contributed by atoms with E-state index in [2.05, 4.69) is 64.0 Å². The van der Waals surface area contributed by atoms with Gasteiger partial charge in [-0.05, 0) is 96.1 Å². The van der Waals surface area contributed by atoms with Crippen LogP contribution in [0.25, 0.3) is 10.9 Å². The fourth-order valence-corrected chi connectivity index (χ4v) is 9.67. The molecule has 2 nitrogen and oxygen atoms in total. The summed E-state index contributed by atoms with van der Waals surface area (Å²) < 4.78 is 0. The minimum atomic E-state index is -0.137. The predicted octanol–water partition coefficient (Wildman–Crippen LogP) is 6.78. The lowest BCUT2D eigenvalue weighted by molar-refractivity contribution is -0.233. The molecular weight excluding hydrogens is 366 g/mol. The van der Waals surface area contributed by atoms with Crippen LogP contribution in [-0.4, -0.2) is 16.2 Å². The smallest absolute Gasteiger partial charge is 0.0604 e. The molecule has 3 fully saturated rings. The van der Waals surface area contributed by atoms with Gasteiger partial charge in [-0.3, -0.25) is 0 Å². The van der Waals surface area contributed by atoms with Crippen molar-refractivity contribution < 1.29 is 5.11 Å². The van der Waals surface area contributed by atoms with Crippen LogP contribution in [0.15, 0.2) is 24.4 Å². The van der Waals surface area contributed by atoms with Crippen molar-refractivity contribution in [2.75, 3.05) is 0 Å². The first-order chi connectivity index (χ1) is 14.2. The number of rotatable bonds is 0. The van der Waals surface area contributed by atoms with Gasteiger partial charge >= 0.3 is 0 Å². The van der Waals surface area contributed by atoms with Crippen LogP contribution in [0.4, 0.5) is 0 Å². The quantitative estimate of drug-likeness (QED) is 0.498. The molecule has 4 aliphatic carbocycles. The van der Waals surface area contributed by atoms with E-state index in [4.69, 9.17) is 0 Å². The number of aromatic amines is 1. The Hall–Kier alpha value is -1.28. The molecule has 0 saturated heterocycles. The summed E-state index contributed by atoms with van der Waals surface area (Å²) >= 11 is 0. The molecule has 0 bridgehead atoms. The summed E-state index contributed by atoms with van der Waals surface area (Å²) in [5, 5.41) is 13.2. The summed E-state index contributed by atoms with van der Waals surface area (Å²) in [4.78, 5) is 3.64. The van der Waals surface area contributed by atoms with Gasteiger partial charge in [0.25, 0.3) is 0 Å². The molecule has 2 N–H and O–H groups in total. The lowest BCUT2D eigenvalue weighted by Crippen LogP contribution is -2.66. The van der Waals surface area contributed by atoms with Gasteiger partial charge in [0.1, 0.15) is 0 Å². The lowest BCUT2D eigenvalue weighted by atomic mass is 9.34. The highest BCUT2D eigenvalue weighted by Crippen LogP contribution is 2.74. The lowest BCUT2D eigenvalue weighted by Gasteiger charge is -2.70. The van der Waals surface area contributed by atoms with Crippen molar-refractivity contribution in [2.24, 2.45) is 34.5 Å². The molecule has 5 unspecified atom stereocenters. The first-order valence-corrected chi connectivity index (χ1v) is 12.5. The van der Waals surface area contributed by atoms with Gasteiger partial charge in [0.15, 0.2) is 0 Å². The maximum Gasteiger partial charge on any atom is 0.0604 e. The zero-order valence-electron chi connectivity index (χ0n) is 19.5. The number of benzene rings is 1. The Morgan fingerprint density at radius 2 is 1.80 bits per heavy atom. The average molecular weight is 406 g/mol. The SMILES string of the molecule is CC1CCC(O)[C@]23CCC4C(c5c[nH]c6cccc(c56)C4(C)C)[C@H]2[C@@H](C)CCC13C. The fourth-order valence-electron chi connectivity index (χ4n) is 9.67. The summed E-state index contributed by atoms with van der Waals surface area (Å²) in [6.07, 6.45) is 9.48. The predicted molar refractivity (Wildman–Crippen MR) is 124 cm³/mol. The van der Waals surface area contributed by atoms with Crippen LogP contribution >= 0.6 is 0 Å². The minimum Gasteiger partial charge on any atom is -0.393 e. The van der Waals surface area contributed by atoms with Gasteiger partial charge < -0.3 is 10.1 Å². The normalized spacial score (nSPS) is 46.7. The monoisotopic (exact) mass is 405 g/mol. The number of hydrogen-bond donors (Lipinski definition) is 2. The second-order valence-corrected chi connectivity index (χ2v) is 12.4. The van der Waals surface area contributed by atoms with Crippen LogP contribution in [0.2, 0.25) is 0 Å². The summed E-state index contributed by atoms with van der Waals surface area (Å²) in [6.45, 7) is 12.6. The van der Waals surface area contributed by atoms with Gasteiger partial charge in [0, 0.05) is 22.5 Å². The van der Waals surface area contributed by atoms with Crippen LogP contribution in [0.3, 0.4) is 0 Å². The zero-order valence-corrected chi connectivity index (χ0v) is 19.5. The highest BCUT2D eigenvalue weighted by atomic mass is 16.3. The van der Waals surface area contributed by atoms with Crippen molar-refractivity contribution in [2.45, 2.75) is 90.6 Å². The van der Waals surface area contributed by atoms with Gasteiger partial charge in [-0.15, -0.1) is 0 Å². The number of aliphatic hydroxyl groups is 1. The first kappa shape index (κ1) is 19.4. The van der Waals surface area contributed by atoms with Crippen molar-refractivity contribution >= 4 is 10.9 Å². The molecule has 0 radical (unpaired) electrons. The van der Waals surface area contributed by atoms with E-state index in [1.165, 1.54) is 48.6 Å². The highest BCUT2D eigenvalue weighted by Gasteiger charge is 2.68. The number of nitrogens with one attached hydrogen (secondary N) is 1. The van der Waals surface area contributed by atoms with Crippen molar-refractivity contribution in [3.8, 4) is 0 Å². The average Bonchev–Trinajstić information content (AvgIpc) is 3.16. The third-order valence-corrected chi connectivity index (χ3v) is 11.4. The molecule has 6 rings (SSSR count). The number of hydrogen-bond acceptors (Lipinski definition) is 1. The van der Waals surface area contributed by atoms with E-state index >= 15 is 0 Å². The maximum absolute atomic E-state index is 11.7. The Bertz CT molecular complexity index is 1000. The molecule has 0 amide bonds. The number of H-pyrrole nitrogens is 1. The highest BCUT2D eigenvalue weighted by molar-refractivity contribution is 5.89. The van der Waals surface area contributed by atoms with E-state index < -0.39 is 0 Å². The topological polar surface area (TPSA) is 36.0 Å². The van der Waals surface area contributed by atoms with Crippen LogP contribution < -0.4 is 0 Å². The van der Waals surface area contributed by atoms with Crippen LogP contribution in [-0.2, 0) is 5.41 Å². The molecule has 162 valence electrons. The molecule has 4 aliphatic rings. The van der Waals surface area contributed by atoms with Gasteiger partial charge in [0.05, 0.1) is 6.10 Å². The van der Waals surface area contributed by atoms with Gasteiger partial charge in [-0.25, -0.2) is 0 Å². The van der Waals surface area contributed by atoms with Crippen LogP contribution in [0.1, 0.15) is 90.2 Å². The molecule has 2 heteroatoms.